The van der Waals surface area contributed by atoms with Crippen molar-refractivity contribution in [2.75, 3.05) is 13.7 Å². The van der Waals surface area contributed by atoms with Gasteiger partial charge < -0.3 is 15.3 Å². The van der Waals surface area contributed by atoms with Crippen LogP contribution in [0.1, 0.15) is 23.5 Å². The fourth-order valence-electron chi connectivity index (χ4n) is 1.38. The van der Waals surface area contributed by atoms with Crippen LogP contribution in [0.2, 0.25) is 0 Å². The Morgan fingerprint density at radius 3 is 2.67 bits per heavy atom. The molecule has 1 heterocycles. The van der Waals surface area contributed by atoms with E-state index in [0.29, 0.717) is 4.88 Å². The highest BCUT2D eigenvalue weighted by molar-refractivity contribution is 7.12. The number of carbonyl (C=O) groups is 2. The summed E-state index contributed by atoms with van der Waals surface area (Å²) < 4.78 is 0. The minimum atomic E-state index is -0.612. The Balaban J connectivity index is 2.57. The van der Waals surface area contributed by atoms with Gasteiger partial charge in [-0.05, 0) is 25.3 Å². The number of likely N-dealkylation sites (N-methyl/N-ethyl adjacent to an activating group) is 1. The van der Waals surface area contributed by atoms with Gasteiger partial charge in [-0.15, -0.1) is 11.3 Å². The van der Waals surface area contributed by atoms with Crippen molar-refractivity contribution in [1.29, 1.82) is 0 Å². The molecule has 1 aromatic rings. The van der Waals surface area contributed by atoms with E-state index in [1.807, 2.05) is 0 Å². The zero-order valence-electron chi connectivity index (χ0n) is 10.7. The van der Waals surface area contributed by atoms with Gasteiger partial charge in [-0.25, -0.2) is 0 Å². The first-order chi connectivity index (χ1) is 8.47. The maximum atomic E-state index is 12.0. The smallest absolute Gasteiger partial charge is 0.261 e. The predicted molar refractivity (Wildman–Crippen MR) is 70.6 cm³/mol. The molecular formula is C12H18N2O3S. The molecule has 0 aliphatic rings. The van der Waals surface area contributed by atoms with Gasteiger partial charge in [0.05, 0.1) is 17.5 Å². The Kier molecular flexibility index (Phi) is 5.30. The Hall–Kier alpha value is -1.40. The van der Waals surface area contributed by atoms with Gasteiger partial charge in [0.25, 0.3) is 5.91 Å². The van der Waals surface area contributed by atoms with Crippen molar-refractivity contribution < 1.29 is 14.7 Å². The predicted octanol–water partition coefficient (Wildman–Crippen LogP) is 0.706. The monoisotopic (exact) mass is 270 g/mol. The third-order valence-electron chi connectivity index (χ3n) is 2.74. The minimum Gasteiger partial charge on any atom is -0.394 e. The largest absolute Gasteiger partial charge is 0.394 e. The first-order valence-electron chi connectivity index (χ1n) is 5.69. The van der Waals surface area contributed by atoms with E-state index in [1.54, 1.807) is 38.4 Å². The summed E-state index contributed by atoms with van der Waals surface area (Å²) in [6.07, 6.45) is 0. The lowest BCUT2D eigenvalue weighted by molar-refractivity contribution is -0.134. The molecule has 0 aromatic carbocycles. The summed E-state index contributed by atoms with van der Waals surface area (Å²) in [5.74, 6) is -0.475. The van der Waals surface area contributed by atoms with Crippen molar-refractivity contribution >= 4 is 23.2 Å². The van der Waals surface area contributed by atoms with Crippen LogP contribution in [0.4, 0.5) is 0 Å². The average Bonchev–Trinajstić information content (AvgIpc) is 2.89. The zero-order chi connectivity index (χ0) is 13.7. The number of thiophene rings is 1. The summed E-state index contributed by atoms with van der Waals surface area (Å²) >= 11 is 1.33. The van der Waals surface area contributed by atoms with Crippen LogP contribution in [0.25, 0.3) is 0 Å². The zero-order valence-corrected chi connectivity index (χ0v) is 11.5. The second kappa shape index (κ2) is 6.51. The molecule has 6 heteroatoms. The van der Waals surface area contributed by atoms with E-state index in [-0.39, 0.29) is 24.5 Å². The SMILES string of the molecule is CC(NC(=O)c1cccs1)C(=O)N(C)C(C)CO. The highest BCUT2D eigenvalue weighted by Gasteiger charge is 2.23. The van der Waals surface area contributed by atoms with E-state index in [9.17, 15) is 9.59 Å². The quantitative estimate of drug-likeness (QED) is 0.827. The molecule has 0 radical (unpaired) electrons. The van der Waals surface area contributed by atoms with Gasteiger partial charge in [-0.2, -0.15) is 0 Å². The van der Waals surface area contributed by atoms with Crippen LogP contribution < -0.4 is 5.32 Å². The first kappa shape index (κ1) is 14.7. The number of nitrogens with zero attached hydrogens (tertiary/aromatic N) is 1. The maximum absolute atomic E-state index is 12.0. The van der Waals surface area contributed by atoms with Crippen molar-refractivity contribution in [2.24, 2.45) is 0 Å². The minimum absolute atomic E-state index is 0.103. The standard InChI is InChI=1S/C12H18N2O3S/c1-8(7-15)14(3)12(17)9(2)13-11(16)10-5-4-6-18-10/h4-6,8-9,15H,7H2,1-3H3,(H,13,16). The number of hydrogen-bond acceptors (Lipinski definition) is 4. The molecule has 2 N–H and O–H groups in total. The number of aliphatic hydroxyl groups is 1. The van der Waals surface area contributed by atoms with E-state index in [0.717, 1.165) is 0 Å². The molecule has 2 unspecified atom stereocenters. The summed E-state index contributed by atoms with van der Waals surface area (Å²) in [5, 5.41) is 13.4. The Labute approximate surface area is 110 Å². The van der Waals surface area contributed by atoms with Gasteiger partial charge in [0.1, 0.15) is 6.04 Å². The van der Waals surface area contributed by atoms with Gasteiger partial charge in [0, 0.05) is 7.05 Å². The Bertz CT molecular complexity index is 405. The van der Waals surface area contributed by atoms with Crippen LogP contribution in [0.3, 0.4) is 0 Å². The number of nitrogens with one attached hydrogen (secondary N) is 1. The molecule has 100 valence electrons. The van der Waals surface area contributed by atoms with Crippen molar-refractivity contribution in [1.82, 2.24) is 10.2 Å². The fourth-order valence-corrected chi connectivity index (χ4v) is 2.01. The van der Waals surface area contributed by atoms with Crippen molar-refractivity contribution in [3.05, 3.63) is 22.4 Å². The molecule has 0 saturated heterocycles. The summed E-state index contributed by atoms with van der Waals surface area (Å²) in [6.45, 7) is 3.27. The van der Waals surface area contributed by atoms with Crippen LogP contribution in [0, 0.1) is 0 Å². The highest BCUT2D eigenvalue weighted by atomic mass is 32.1. The van der Waals surface area contributed by atoms with Crippen molar-refractivity contribution in [3.8, 4) is 0 Å². The normalized spacial score (nSPS) is 13.8. The Morgan fingerprint density at radius 1 is 1.50 bits per heavy atom. The molecule has 1 aromatic heterocycles. The molecule has 1 rings (SSSR count). The third-order valence-corrected chi connectivity index (χ3v) is 3.60. The third kappa shape index (κ3) is 3.54. The summed E-state index contributed by atoms with van der Waals surface area (Å²) in [6, 6.07) is 2.61. The molecule has 0 bridgehead atoms. The average molecular weight is 270 g/mol. The van der Waals surface area contributed by atoms with Crippen molar-refractivity contribution in [3.63, 3.8) is 0 Å². The van der Waals surface area contributed by atoms with Gasteiger partial charge >= 0.3 is 0 Å². The summed E-state index contributed by atoms with van der Waals surface area (Å²) in [7, 11) is 1.61. The lowest BCUT2D eigenvalue weighted by Gasteiger charge is -2.26. The van der Waals surface area contributed by atoms with E-state index in [4.69, 9.17) is 5.11 Å². The van der Waals surface area contributed by atoms with Gasteiger partial charge in [0.15, 0.2) is 0 Å². The lowest BCUT2D eigenvalue weighted by Crippen LogP contribution is -2.49. The number of aliphatic hydroxyl groups excluding tert-OH is 1. The van der Waals surface area contributed by atoms with Gasteiger partial charge in [-0.3, -0.25) is 9.59 Å². The number of carbonyl (C=O) groups excluding carboxylic acids is 2. The van der Waals surface area contributed by atoms with Gasteiger partial charge in [-0.1, -0.05) is 6.07 Å². The van der Waals surface area contributed by atoms with Crippen LogP contribution in [0.15, 0.2) is 17.5 Å². The molecule has 0 spiro atoms. The highest BCUT2D eigenvalue weighted by Crippen LogP contribution is 2.08. The summed E-state index contributed by atoms with van der Waals surface area (Å²) in [4.78, 5) is 25.7. The van der Waals surface area contributed by atoms with Crippen LogP contribution in [0.5, 0.6) is 0 Å². The summed E-state index contributed by atoms with van der Waals surface area (Å²) in [5.41, 5.74) is 0. The molecule has 2 amide bonds. The molecule has 18 heavy (non-hydrogen) atoms. The Morgan fingerprint density at radius 2 is 2.17 bits per heavy atom. The van der Waals surface area contributed by atoms with Crippen LogP contribution >= 0.6 is 11.3 Å². The fraction of sp³-hybridized carbons (Fsp3) is 0.500. The van der Waals surface area contributed by atoms with E-state index < -0.39 is 6.04 Å². The van der Waals surface area contributed by atoms with E-state index >= 15 is 0 Å². The molecule has 2 atom stereocenters. The number of rotatable bonds is 5. The topological polar surface area (TPSA) is 69.6 Å². The maximum Gasteiger partial charge on any atom is 0.261 e. The number of amides is 2. The molecule has 0 aliphatic carbocycles. The van der Waals surface area contributed by atoms with Crippen LogP contribution in [-0.4, -0.2) is 47.6 Å². The van der Waals surface area contributed by atoms with Gasteiger partial charge in [0.2, 0.25) is 5.91 Å². The first-order valence-corrected chi connectivity index (χ1v) is 6.57. The number of hydrogen-bond donors (Lipinski definition) is 2. The second-order valence-electron chi connectivity index (χ2n) is 4.15. The molecule has 5 nitrogen and oxygen atoms in total. The lowest BCUT2D eigenvalue weighted by atomic mass is 10.2. The van der Waals surface area contributed by atoms with E-state index in [2.05, 4.69) is 5.32 Å². The second-order valence-corrected chi connectivity index (χ2v) is 5.10. The molecule has 0 aliphatic heterocycles. The van der Waals surface area contributed by atoms with E-state index in [1.165, 1.54) is 16.2 Å². The molecule has 0 fully saturated rings. The van der Waals surface area contributed by atoms with Crippen LogP contribution in [-0.2, 0) is 4.79 Å². The molecule has 0 saturated carbocycles. The van der Waals surface area contributed by atoms with Crippen molar-refractivity contribution in [2.45, 2.75) is 25.9 Å². The molecular weight excluding hydrogens is 252 g/mol.